The van der Waals surface area contributed by atoms with Crippen molar-refractivity contribution in [2.24, 2.45) is 5.73 Å². The minimum absolute atomic E-state index is 0.0724. The molecule has 7 nitrogen and oxygen atoms in total. The highest BCUT2D eigenvalue weighted by Crippen LogP contribution is 2.26. The number of amides is 2. The van der Waals surface area contributed by atoms with E-state index < -0.39 is 17.8 Å². The second-order valence-electron chi connectivity index (χ2n) is 7.01. The predicted octanol–water partition coefficient (Wildman–Crippen LogP) is 3.50. The molecular weight excluding hydrogens is 384 g/mol. The molecule has 30 heavy (non-hydrogen) atoms. The number of hydrogen-bond acceptors (Lipinski definition) is 5. The molecule has 3 rings (SSSR count). The van der Waals surface area contributed by atoms with Crippen LogP contribution in [0.15, 0.2) is 65.1 Å². The van der Waals surface area contributed by atoms with Crippen molar-refractivity contribution in [1.29, 1.82) is 0 Å². The van der Waals surface area contributed by atoms with Gasteiger partial charge in [0.2, 0.25) is 11.7 Å². The number of nitrogens with one attached hydrogen (secondary N) is 1. The number of hydrogen-bond donors (Lipinski definition) is 2. The summed E-state index contributed by atoms with van der Waals surface area (Å²) < 4.78 is 11.0. The molecule has 0 aliphatic rings. The van der Waals surface area contributed by atoms with Crippen molar-refractivity contribution in [3.8, 4) is 17.1 Å². The van der Waals surface area contributed by atoms with Gasteiger partial charge in [0.25, 0.3) is 5.91 Å². The number of nitrogens with two attached hydrogens (primary N) is 1. The van der Waals surface area contributed by atoms with Gasteiger partial charge in [-0.15, -0.1) is 0 Å². The normalized spacial score (nSPS) is 10.6. The molecule has 1 heterocycles. The molecule has 0 radical (unpaired) electrons. The summed E-state index contributed by atoms with van der Waals surface area (Å²) in [6.45, 7) is 3.96. The van der Waals surface area contributed by atoms with E-state index in [1.165, 1.54) is 29.8 Å². The van der Waals surface area contributed by atoms with E-state index in [4.69, 9.17) is 14.9 Å². The first-order valence-corrected chi connectivity index (χ1v) is 9.42. The number of rotatable bonds is 7. The van der Waals surface area contributed by atoms with E-state index in [-0.39, 0.29) is 18.1 Å². The number of carbonyl (C=O) groups is 3. The molecule has 0 unspecified atom stereocenters. The maximum absolute atomic E-state index is 12.4. The first-order valence-electron chi connectivity index (χ1n) is 9.42. The average Bonchev–Trinajstić information content (AvgIpc) is 3.23. The third kappa shape index (κ3) is 5.14. The average molecular weight is 406 g/mol. The Balaban J connectivity index is 1.66. The van der Waals surface area contributed by atoms with E-state index >= 15 is 0 Å². The Morgan fingerprint density at radius 3 is 2.43 bits per heavy atom. The SMILES string of the molecule is CC(C)c1cccc(-c2ccc(C(=O)Oc3ccc(C(=O)NCC(N)=O)cc3)o2)c1. The fourth-order valence-electron chi connectivity index (χ4n) is 2.75. The molecule has 0 atom stereocenters. The molecule has 154 valence electrons. The molecular formula is C23H22N2O5. The second kappa shape index (κ2) is 9.09. The fourth-order valence-corrected chi connectivity index (χ4v) is 2.75. The van der Waals surface area contributed by atoms with Gasteiger partial charge < -0.3 is 20.2 Å². The molecule has 0 bridgehead atoms. The summed E-state index contributed by atoms with van der Waals surface area (Å²) in [5, 5.41) is 2.38. The highest BCUT2D eigenvalue weighted by molar-refractivity contribution is 5.96. The summed E-state index contributed by atoms with van der Waals surface area (Å²) in [5.74, 6) is -0.452. The summed E-state index contributed by atoms with van der Waals surface area (Å²) in [6, 6.07) is 17.1. The molecule has 0 saturated heterocycles. The van der Waals surface area contributed by atoms with E-state index in [9.17, 15) is 14.4 Å². The summed E-state index contributed by atoms with van der Waals surface area (Å²) in [5.41, 5.74) is 7.35. The van der Waals surface area contributed by atoms with Crippen LogP contribution in [0.1, 0.15) is 46.2 Å². The third-order valence-corrected chi connectivity index (χ3v) is 4.40. The van der Waals surface area contributed by atoms with Gasteiger partial charge in [-0.05, 0) is 53.9 Å². The van der Waals surface area contributed by atoms with E-state index in [1.54, 1.807) is 12.1 Å². The van der Waals surface area contributed by atoms with Crippen LogP contribution in [0.25, 0.3) is 11.3 Å². The molecule has 0 aliphatic heterocycles. The zero-order chi connectivity index (χ0) is 21.7. The van der Waals surface area contributed by atoms with Crippen LogP contribution >= 0.6 is 0 Å². The summed E-state index contributed by atoms with van der Waals surface area (Å²) in [4.78, 5) is 35.0. The highest BCUT2D eigenvalue weighted by atomic mass is 16.5. The number of benzene rings is 2. The maximum atomic E-state index is 12.4. The Hall–Kier alpha value is -3.87. The predicted molar refractivity (Wildman–Crippen MR) is 111 cm³/mol. The first-order chi connectivity index (χ1) is 14.3. The molecule has 0 saturated carbocycles. The van der Waals surface area contributed by atoms with Crippen molar-refractivity contribution in [3.05, 3.63) is 77.6 Å². The van der Waals surface area contributed by atoms with Gasteiger partial charge in [-0.2, -0.15) is 0 Å². The van der Waals surface area contributed by atoms with Crippen LogP contribution in [-0.2, 0) is 4.79 Å². The lowest BCUT2D eigenvalue weighted by atomic mass is 10.0. The van der Waals surface area contributed by atoms with Gasteiger partial charge >= 0.3 is 5.97 Å². The van der Waals surface area contributed by atoms with Gasteiger partial charge in [-0.3, -0.25) is 9.59 Å². The smallest absolute Gasteiger partial charge is 0.379 e. The third-order valence-electron chi connectivity index (χ3n) is 4.40. The van der Waals surface area contributed by atoms with Crippen LogP contribution in [0.3, 0.4) is 0 Å². The van der Waals surface area contributed by atoms with Crippen molar-refractivity contribution >= 4 is 17.8 Å². The number of primary amides is 1. The largest absolute Gasteiger partial charge is 0.449 e. The Morgan fingerprint density at radius 1 is 1.03 bits per heavy atom. The fraction of sp³-hybridized carbons (Fsp3) is 0.174. The molecule has 1 aromatic heterocycles. The second-order valence-corrected chi connectivity index (χ2v) is 7.01. The standard InChI is InChI=1S/C23H22N2O5/c1-14(2)16-4-3-5-17(12-16)19-10-11-20(30-19)23(28)29-18-8-6-15(7-9-18)22(27)25-13-21(24)26/h3-12,14H,13H2,1-2H3,(H2,24,26)(H,25,27). The Kier molecular flexibility index (Phi) is 6.32. The first kappa shape index (κ1) is 20.9. The van der Waals surface area contributed by atoms with E-state index in [1.807, 2.05) is 24.3 Å². The molecule has 2 amide bonds. The molecule has 0 fully saturated rings. The molecule has 3 aromatic rings. The van der Waals surface area contributed by atoms with Gasteiger partial charge in [0.1, 0.15) is 11.5 Å². The van der Waals surface area contributed by atoms with E-state index in [2.05, 4.69) is 19.2 Å². The maximum Gasteiger partial charge on any atom is 0.379 e. The van der Waals surface area contributed by atoms with Crippen LogP contribution in [0.4, 0.5) is 0 Å². The number of esters is 1. The number of carbonyl (C=O) groups excluding carboxylic acids is 3. The zero-order valence-electron chi connectivity index (χ0n) is 16.7. The van der Waals surface area contributed by atoms with Crippen LogP contribution in [0, 0.1) is 0 Å². The minimum atomic E-state index is -0.646. The highest BCUT2D eigenvalue weighted by Gasteiger charge is 2.16. The molecule has 0 aliphatic carbocycles. The van der Waals surface area contributed by atoms with Gasteiger partial charge in [0.15, 0.2) is 0 Å². The van der Waals surface area contributed by atoms with Crippen molar-refractivity contribution in [2.45, 2.75) is 19.8 Å². The molecule has 3 N–H and O–H groups in total. The summed E-state index contributed by atoms with van der Waals surface area (Å²) in [7, 11) is 0. The van der Waals surface area contributed by atoms with Crippen LogP contribution in [-0.4, -0.2) is 24.3 Å². The van der Waals surface area contributed by atoms with Crippen LogP contribution < -0.4 is 15.8 Å². The Bertz CT molecular complexity index is 1070. The van der Waals surface area contributed by atoms with Crippen molar-refractivity contribution in [1.82, 2.24) is 5.32 Å². The quantitative estimate of drug-likeness (QED) is 0.461. The van der Waals surface area contributed by atoms with Crippen molar-refractivity contribution in [3.63, 3.8) is 0 Å². The van der Waals surface area contributed by atoms with Crippen molar-refractivity contribution < 1.29 is 23.5 Å². The molecule has 0 spiro atoms. The lowest BCUT2D eigenvalue weighted by molar-refractivity contribution is -0.117. The molecule has 7 heteroatoms. The number of furan rings is 1. The molecule has 2 aromatic carbocycles. The van der Waals surface area contributed by atoms with E-state index in [0.29, 0.717) is 17.2 Å². The van der Waals surface area contributed by atoms with Gasteiger partial charge in [-0.1, -0.05) is 32.0 Å². The zero-order valence-corrected chi connectivity index (χ0v) is 16.7. The van der Waals surface area contributed by atoms with E-state index in [0.717, 1.165) is 5.56 Å². The monoisotopic (exact) mass is 406 g/mol. The Labute approximate surface area is 173 Å². The van der Waals surface area contributed by atoms with Gasteiger partial charge in [-0.25, -0.2) is 4.79 Å². The summed E-state index contributed by atoms with van der Waals surface area (Å²) >= 11 is 0. The minimum Gasteiger partial charge on any atom is -0.449 e. The van der Waals surface area contributed by atoms with Crippen LogP contribution in [0.2, 0.25) is 0 Å². The summed E-state index contributed by atoms with van der Waals surface area (Å²) in [6.07, 6.45) is 0. The van der Waals surface area contributed by atoms with Gasteiger partial charge in [0, 0.05) is 11.1 Å². The lowest BCUT2D eigenvalue weighted by Crippen LogP contribution is -2.33. The van der Waals surface area contributed by atoms with Crippen molar-refractivity contribution in [2.75, 3.05) is 6.54 Å². The van der Waals surface area contributed by atoms with Crippen LogP contribution in [0.5, 0.6) is 5.75 Å². The lowest BCUT2D eigenvalue weighted by Gasteiger charge is -2.07. The van der Waals surface area contributed by atoms with Gasteiger partial charge in [0.05, 0.1) is 6.54 Å². The Morgan fingerprint density at radius 2 is 1.77 bits per heavy atom. The number of ether oxygens (including phenoxy) is 1. The topological polar surface area (TPSA) is 112 Å².